The summed E-state index contributed by atoms with van der Waals surface area (Å²) in [7, 11) is 0. The smallest absolute Gasteiger partial charge is 0.129 e. The molecular weight excluding hydrogens is 303 g/mol. The van der Waals surface area contributed by atoms with Crippen LogP contribution in [0.2, 0.25) is 0 Å². The van der Waals surface area contributed by atoms with Gasteiger partial charge in [0, 0.05) is 25.2 Å². The van der Waals surface area contributed by atoms with E-state index >= 15 is 0 Å². The summed E-state index contributed by atoms with van der Waals surface area (Å²) in [6, 6.07) is 6.57. The minimum absolute atomic E-state index is 0.305. The summed E-state index contributed by atoms with van der Waals surface area (Å²) in [5, 5.41) is 10.4. The zero-order valence-electron chi connectivity index (χ0n) is 14.8. The molecule has 0 spiro atoms. The molecule has 0 radical (unpaired) electrons. The highest BCUT2D eigenvalue weighted by Crippen LogP contribution is 2.24. The van der Waals surface area contributed by atoms with E-state index in [1.807, 2.05) is 0 Å². The van der Waals surface area contributed by atoms with E-state index in [2.05, 4.69) is 16.7 Å². The first-order valence-corrected chi connectivity index (χ1v) is 9.49. The van der Waals surface area contributed by atoms with Crippen molar-refractivity contribution in [3.05, 3.63) is 35.6 Å². The van der Waals surface area contributed by atoms with Gasteiger partial charge in [0.05, 0.1) is 6.10 Å². The van der Waals surface area contributed by atoms with E-state index in [0.717, 1.165) is 19.0 Å². The Kier molecular flexibility index (Phi) is 6.25. The van der Waals surface area contributed by atoms with E-state index in [-0.39, 0.29) is 5.82 Å². The third kappa shape index (κ3) is 4.78. The van der Waals surface area contributed by atoms with Crippen molar-refractivity contribution in [2.24, 2.45) is 11.8 Å². The van der Waals surface area contributed by atoms with Crippen molar-refractivity contribution in [2.75, 3.05) is 39.3 Å². The number of aliphatic hydroxyl groups is 1. The number of aliphatic hydroxyl groups excluding tert-OH is 1. The van der Waals surface area contributed by atoms with E-state index in [1.54, 1.807) is 18.2 Å². The number of likely N-dealkylation sites (tertiary alicyclic amines) is 2. The molecule has 0 aromatic heterocycles. The fraction of sp³-hybridized carbons (Fsp3) is 0.700. The Morgan fingerprint density at radius 2 is 1.88 bits per heavy atom. The monoisotopic (exact) mass is 334 g/mol. The van der Waals surface area contributed by atoms with Gasteiger partial charge in [-0.15, -0.1) is 0 Å². The molecule has 2 aliphatic rings. The number of benzene rings is 1. The third-order valence-corrected chi connectivity index (χ3v) is 5.69. The zero-order valence-corrected chi connectivity index (χ0v) is 14.8. The highest BCUT2D eigenvalue weighted by Gasteiger charge is 2.26. The van der Waals surface area contributed by atoms with E-state index in [1.165, 1.54) is 51.4 Å². The van der Waals surface area contributed by atoms with Crippen LogP contribution in [0.3, 0.4) is 0 Å². The van der Waals surface area contributed by atoms with Gasteiger partial charge in [0.15, 0.2) is 0 Å². The van der Waals surface area contributed by atoms with Crippen LogP contribution < -0.4 is 0 Å². The van der Waals surface area contributed by atoms with Gasteiger partial charge >= 0.3 is 0 Å². The molecule has 4 heteroatoms. The second-order valence-corrected chi connectivity index (χ2v) is 7.79. The molecule has 1 aromatic carbocycles. The van der Waals surface area contributed by atoms with Crippen molar-refractivity contribution in [3.63, 3.8) is 0 Å². The standard InChI is InChI=1S/C20H31FN2O/c1-16-8-11-22(12-9-16)13-17-5-4-10-23(14-17)15-20(24)18-6-2-3-7-19(18)21/h2-3,6-7,16-17,20,24H,4-5,8-15H2,1H3. The predicted molar refractivity (Wildman–Crippen MR) is 95.4 cm³/mol. The molecule has 0 saturated carbocycles. The van der Waals surface area contributed by atoms with Crippen molar-refractivity contribution in [1.82, 2.24) is 9.80 Å². The maximum atomic E-state index is 13.8. The van der Waals surface area contributed by atoms with Gasteiger partial charge in [-0.3, -0.25) is 0 Å². The molecule has 24 heavy (non-hydrogen) atoms. The molecular formula is C20H31FN2O. The zero-order chi connectivity index (χ0) is 16.9. The summed E-state index contributed by atoms with van der Waals surface area (Å²) in [5.41, 5.74) is 0.421. The molecule has 2 saturated heterocycles. The molecule has 2 aliphatic heterocycles. The SMILES string of the molecule is CC1CCN(CC2CCCN(CC(O)c3ccccc3F)C2)CC1. The quantitative estimate of drug-likeness (QED) is 0.895. The maximum absolute atomic E-state index is 13.8. The van der Waals surface area contributed by atoms with E-state index < -0.39 is 6.10 Å². The Bertz CT molecular complexity index is 516. The Hall–Kier alpha value is -0.970. The van der Waals surface area contributed by atoms with Gasteiger partial charge < -0.3 is 14.9 Å². The highest BCUT2D eigenvalue weighted by molar-refractivity contribution is 5.20. The number of piperidine rings is 2. The largest absolute Gasteiger partial charge is 0.387 e. The average Bonchev–Trinajstić information content (AvgIpc) is 2.58. The number of hydrogen-bond acceptors (Lipinski definition) is 3. The van der Waals surface area contributed by atoms with Crippen LogP contribution in [0.5, 0.6) is 0 Å². The van der Waals surface area contributed by atoms with Crippen LogP contribution in [-0.2, 0) is 0 Å². The van der Waals surface area contributed by atoms with Gasteiger partial charge in [0.1, 0.15) is 5.82 Å². The second kappa shape index (κ2) is 8.41. The number of nitrogens with zero attached hydrogens (tertiary/aromatic N) is 2. The minimum Gasteiger partial charge on any atom is -0.387 e. The first-order chi connectivity index (χ1) is 11.6. The Morgan fingerprint density at radius 1 is 1.12 bits per heavy atom. The van der Waals surface area contributed by atoms with E-state index in [4.69, 9.17) is 0 Å². The molecule has 2 atom stereocenters. The molecule has 0 aliphatic carbocycles. The average molecular weight is 334 g/mol. The lowest BCUT2D eigenvalue weighted by atomic mass is 9.94. The van der Waals surface area contributed by atoms with Crippen molar-refractivity contribution in [3.8, 4) is 0 Å². The van der Waals surface area contributed by atoms with Crippen molar-refractivity contribution >= 4 is 0 Å². The van der Waals surface area contributed by atoms with Crippen LogP contribution in [0.25, 0.3) is 0 Å². The van der Waals surface area contributed by atoms with Gasteiger partial charge in [-0.25, -0.2) is 4.39 Å². The van der Waals surface area contributed by atoms with Crippen LogP contribution in [0, 0.1) is 17.7 Å². The molecule has 0 bridgehead atoms. The Labute approximate surface area is 145 Å². The first-order valence-electron chi connectivity index (χ1n) is 9.49. The van der Waals surface area contributed by atoms with Gasteiger partial charge in [-0.1, -0.05) is 25.1 Å². The number of halogens is 1. The fourth-order valence-electron chi connectivity index (χ4n) is 4.16. The lowest BCUT2D eigenvalue weighted by Crippen LogP contribution is -2.44. The Balaban J connectivity index is 1.49. The van der Waals surface area contributed by atoms with Crippen LogP contribution in [0.1, 0.15) is 44.3 Å². The number of rotatable bonds is 5. The van der Waals surface area contributed by atoms with Gasteiger partial charge in [0.2, 0.25) is 0 Å². The van der Waals surface area contributed by atoms with Gasteiger partial charge in [-0.2, -0.15) is 0 Å². The summed E-state index contributed by atoms with van der Waals surface area (Å²) < 4.78 is 13.8. The predicted octanol–water partition coefficient (Wildman–Crippen LogP) is 3.30. The van der Waals surface area contributed by atoms with Gasteiger partial charge in [-0.05, 0) is 63.2 Å². The van der Waals surface area contributed by atoms with E-state index in [0.29, 0.717) is 18.0 Å². The van der Waals surface area contributed by atoms with Crippen LogP contribution in [-0.4, -0.2) is 54.2 Å². The first kappa shape index (κ1) is 17.8. The molecule has 134 valence electrons. The number of β-amino-alcohol motifs (C(OH)–C–C–N with tert-alkyl or cyclic N) is 1. The molecule has 2 unspecified atom stereocenters. The normalized spacial score (nSPS) is 25.7. The maximum Gasteiger partial charge on any atom is 0.129 e. The number of hydrogen-bond donors (Lipinski definition) is 1. The molecule has 2 heterocycles. The van der Waals surface area contributed by atoms with E-state index in [9.17, 15) is 9.50 Å². The summed E-state index contributed by atoms with van der Waals surface area (Å²) in [6.07, 6.45) is 4.36. The van der Waals surface area contributed by atoms with Crippen LogP contribution in [0.4, 0.5) is 4.39 Å². The molecule has 3 nitrogen and oxygen atoms in total. The summed E-state index contributed by atoms with van der Waals surface area (Å²) in [6.45, 7) is 8.57. The molecule has 0 amide bonds. The Morgan fingerprint density at radius 3 is 2.62 bits per heavy atom. The highest BCUT2D eigenvalue weighted by atomic mass is 19.1. The van der Waals surface area contributed by atoms with Crippen LogP contribution in [0.15, 0.2) is 24.3 Å². The third-order valence-electron chi connectivity index (χ3n) is 5.69. The molecule has 1 aromatic rings. The lowest BCUT2D eigenvalue weighted by molar-refractivity contribution is 0.0668. The minimum atomic E-state index is -0.735. The summed E-state index contributed by atoms with van der Waals surface area (Å²) in [4.78, 5) is 4.93. The van der Waals surface area contributed by atoms with Crippen molar-refractivity contribution in [2.45, 2.75) is 38.7 Å². The second-order valence-electron chi connectivity index (χ2n) is 7.79. The topological polar surface area (TPSA) is 26.7 Å². The molecule has 1 N–H and O–H groups in total. The summed E-state index contributed by atoms with van der Waals surface area (Å²) in [5.74, 6) is 1.25. The molecule has 2 fully saturated rings. The molecule has 3 rings (SSSR count). The van der Waals surface area contributed by atoms with Crippen LogP contribution >= 0.6 is 0 Å². The summed E-state index contributed by atoms with van der Waals surface area (Å²) >= 11 is 0. The van der Waals surface area contributed by atoms with Gasteiger partial charge in [0.25, 0.3) is 0 Å². The lowest BCUT2D eigenvalue weighted by Gasteiger charge is -2.38. The van der Waals surface area contributed by atoms with Crippen molar-refractivity contribution in [1.29, 1.82) is 0 Å². The fourth-order valence-corrected chi connectivity index (χ4v) is 4.16. The van der Waals surface area contributed by atoms with Crippen molar-refractivity contribution < 1.29 is 9.50 Å².